The molecular weight excluding hydrogens is 460 g/mol. The first-order chi connectivity index (χ1) is 16.6. The summed E-state index contributed by atoms with van der Waals surface area (Å²) in [5, 5.41) is 12.3. The largest absolute Gasteiger partial charge is 0.384 e. The lowest BCUT2D eigenvalue weighted by atomic mass is 9.73. The maximum atomic E-state index is 13.9. The molecule has 0 bridgehead atoms. The molecule has 5 nitrogen and oxygen atoms in total. The summed E-state index contributed by atoms with van der Waals surface area (Å²) in [5.41, 5.74) is 10.6. The summed E-state index contributed by atoms with van der Waals surface area (Å²) >= 11 is 3.32. The number of hydrogen-bond donors (Lipinski definition) is 1. The molecule has 2 aliphatic rings. The van der Waals surface area contributed by atoms with Crippen molar-refractivity contribution < 1.29 is 4.79 Å². The number of rotatable bonds is 5. The van der Waals surface area contributed by atoms with Crippen LogP contribution in [0.5, 0.6) is 0 Å². The number of anilines is 1. The maximum absolute atomic E-state index is 13.9. The Balaban J connectivity index is 1.72. The predicted molar refractivity (Wildman–Crippen MR) is 137 cm³/mol. The van der Waals surface area contributed by atoms with E-state index in [2.05, 4.69) is 36.2 Å². The number of thiophene rings is 1. The Labute approximate surface area is 207 Å². The number of nitrogens with zero attached hydrogens (tertiary/aromatic N) is 3. The van der Waals surface area contributed by atoms with Crippen molar-refractivity contribution in [3.8, 4) is 6.07 Å². The van der Waals surface area contributed by atoms with E-state index in [0.29, 0.717) is 29.8 Å². The summed E-state index contributed by atoms with van der Waals surface area (Å²) < 4.78 is 0. The molecule has 2 atom stereocenters. The summed E-state index contributed by atoms with van der Waals surface area (Å²) in [6, 6.07) is 18.4. The van der Waals surface area contributed by atoms with E-state index in [1.54, 1.807) is 35.5 Å². The third-order valence-electron chi connectivity index (χ3n) is 6.36. The van der Waals surface area contributed by atoms with Crippen molar-refractivity contribution in [1.82, 2.24) is 4.98 Å². The quantitative estimate of drug-likeness (QED) is 0.450. The van der Waals surface area contributed by atoms with Crippen LogP contribution in [0.3, 0.4) is 0 Å². The van der Waals surface area contributed by atoms with Crippen molar-refractivity contribution in [3.05, 3.63) is 99.4 Å². The number of nitriles is 1. The predicted octanol–water partition coefficient (Wildman–Crippen LogP) is 5.95. The van der Waals surface area contributed by atoms with E-state index < -0.39 is 5.92 Å². The van der Waals surface area contributed by atoms with Crippen LogP contribution in [-0.2, 0) is 4.79 Å². The number of carbonyl (C=O) groups excluding carboxylic acids is 1. The molecule has 0 amide bonds. The van der Waals surface area contributed by atoms with E-state index in [4.69, 9.17) is 5.73 Å². The first-order valence-electron chi connectivity index (χ1n) is 11.2. The fourth-order valence-corrected chi connectivity index (χ4v) is 6.98. The third-order valence-corrected chi connectivity index (χ3v) is 8.43. The van der Waals surface area contributed by atoms with E-state index in [1.807, 2.05) is 40.6 Å². The Hall–Kier alpha value is -3.34. The molecule has 0 saturated carbocycles. The lowest BCUT2D eigenvalue weighted by Gasteiger charge is -2.41. The molecule has 1 aliphatic heterocycles. The van der Waals surface area contributed by atoms with Crippen molar-refractivity contribution in [2.75, 3.05) is 10.7 Å². The van der Waals surface area contributed by atoms with Crippen molar-refractivity contribution in [1.29, 1.82) is 5.26 Å². The van der Waals surface area contributed by atoms with Crippen LogP contribution in [0.25, 0.3) is 0 Å². The number of ketones is 1. The molecule has 0 spiro atoms. The van der Waals surface area contributed by atoms with Gasteiger partial charge in [0.05, 0.1) is 29.4 Å². The van der Waals surface area contributed by atoms with Gasteiger partial charge in [0.25, 0.3) is 0 Å². The highest BCUT2D eigenvalue weighted by atomic mass is 32.2. The zero-order chi connectivity index (χ0) is 23.7. The highest BCUT2D eigenvalue weighted by molar-refractivity contribution is 7.99. The number of aromatic nitrogens is 1. The molecule has 5 rings (SSSR count). The van der Waals surface area contributed by atoms with Crippen molar-refractivity contribution in [3.63, 3.8) is 0 Å². The second-order valence-electron chi connectivity index (χ2n) is 8.27. The summed E-state index contributed by atoms with van der Waals surface area (Å²) in [7, 11) is 0. The zero-order valence-corrected chi connectivity index (χ0v) is 20.4. The SMILES string of the molecule is CCSc1ccsc1C1C(C#N)=C(N)N(c2cccnc2)C2=C1C(=O)CC(c1ccccc1)C2. The van der Waals surface area contributed by atoms with E-state index in [-0.39, 0.29) is 11.7 Å². The van der Waals surface area contributed by atoms with Crippen LogP contribution in [0.15, 0.2) is 93.9 Å². The molecule has 1 aliphatic carbocycles. The number of carbonyl (C=O) groups is 1. The number of Topliss-reactive ketones (excluding diaryl/α,β-unsaturated/α-hetero) is 1. The van der Waals surface area contributed by atoms with E-state index >= 15 is 0 Å². The van der Waals surface area contributed by atoms with E-state index in [1.165, 1.54) is 0 Å². The molecule has 3 heterocycles. The minimum absolute atomic E-state index is 0.0523. The lowest BCUT2D eigenvalue weighted by Crippen LogP contribution is -2.40. The highest BCUT2D eigenvalue weighted by Crippen LogP contribution is 2.51. The Morgan fingerprint density at radius 1 is 1.21 bits per heavy atom. The number of nitrogens with two attached hydrogens (primary N) is 1. The minimum atomic E-state index is -0.439. The minimum Gasteiger partial charge on any atom is -0.384 e. The number of benzene rings is 1. The summed E-state index contributed by atoms with van der Waals surface area (Å²) in [4.78, 5) is 22.1. The fraction of sp³-hybridized carbons (Fsp3) is 0.222. The summed E-state index contributed by atoms with van der Waals surface area (Å²) in [5.74, 6) is 0.981. The van der Waals surface area contributed by atoms with Gasteiger partial charge >= 0.3 is 0 Å². The molecule has 3 aromatic rings. The van der Waals surface area contributed by atoms with Gasteiger partial charge in [-0.2, -0.15) is 5.26 Å². The molecule has 0 saturated heterocycles. The summed E-state index contributed by atoms with van der Waals surface area (Å²) in [6.45, 7) is 2.10. The maximum Gasteiger partial charge on any atom is 0.162 e. The van der Waals surface area contributed by atoms with Gasteiger partial charge in [-0.1, -0.05) is 37.3 Å². The van der Waals surface area contributed by atoms with Crippen LogP contribution in [0.2, 0.25) is 0 Å². The number of allylic oxidation sites excluding steroid dienone is 3. The van der Waals surface area contributed by atoms with Gasteiger partial charge in [-0.3, -0.25) is 14.7 Å². The molecule has 1 aromatic carbocycles. The topological polar surface area (TPSA) is 83.0 Å². The molecule has 2 aromatic heterocycles. The number of thioether (sulfide) groups is 1. The van der Waals surface area contributed by atoms with Gasteiger partial charge in [0.1, 0.15) is 5.82 Å². The van der Waals surface area contributed by atoms with E-state index in [0.717, 1.165) is 32.5 Å². The highest BCUT2D eigenvalue weighted by Gasteiger charge is 2.44. The molecule has 7 heteroatoms. The van der Waals surface area contributed by atoms with Gasteiger partial charge in [-0.25, -0.2) is 0 Å². The average Bonchev–Trinajstić information content (AvgIpc) is 3.32. The van der Waals surface area contributed by atoms with Gasteiger partial charge in [-0.05, 0) is 47.2 Å². The molecule has 0 radical (unpaired) electrons. The Kier molecular flexibility index (Phi) is 6.27. The summed E-state index contributed by atoms with van der Waals surface area (Å²) in [6.07, 6.45) is 4.51. The van der Waals surface area contributed by atoms with Gasteiger partial charge < -0.3 is 5.73 Å². The molecular formula is C27H24N4OS2. The Morgan fingerprint density at radius 2 is 2.03 bits per heavy atom. The second kappa shape index (κ2) is 9.49. The van der Waals surface area contributed by atoms with Gasteiger partial charge in [-0.15, -0.1) is 23.1 Å². The molecule has 2 unspecified atom stereocenters. The monoisotopic (exact) mass is 484 g/mol. The Bertz CT molecular complexity index is 1320. The first-order valence-corrected chi connectivity index (χ1v) is 13.1. The molecule has 34 heavy (non-hydrogen) atoms. The standard InChI is InChI=1S/C27H24N4OS2/c1-2-33-23-10-12-34-26(23)24-20(15-28)27(29)31(19-9-6-11-30-16-19)21-13-18(14-22(32)25(21)24)17-7-4-3-5-8-17/h3-12,16,18,24H,2,13-14,29H2,1H3. The molecule has 2 N–H and O–H groups in total. The number of pyridine rings is 1. The smallest absolute Gasteiger partial charge is 0.162 e. The average molecular weight is 485 g/mol. The van der Waals surface area contributed by atoms with Crippen molar-refractivity contribution in [2.45, 2.75) is 36.5 Å². The molecule has 0 fully saturated rings. The van der Waals surface area contributed by atoms with Crippen LogP contribution in [-0.4, -0.2) is 16.5 Å². The van der Waals surface area contributed by atoms with Crippen LogP contribution in [0.1, 0.15) is 42.0 Å². The van der Waals surface area contributed by atoms with E-state index in [9.17, 15) is 10.1 Å². The van der Waals surface area contributed by atoms with Gasteiger partial charge in [0.15, 0.2) is 5.78 Å². The third kappa shape index (κ3) is 3.83. The van der Waals surface area contributed by atoms with Crippen LogP contribution < -0.4 is 10.6 Å². The van der Waals surface area contributed by atoms with Crippen molar-refractivity contribution in [2.24, 2.45) is 5.73 Å². The second-order valence-corrected chi connectivity index (χ2v) is 10.5. The fourth-order valence-electron chi connectivity index (χ4n) is 4.93. The molecule has 170 valence electrons. The first kappa shape index (κ1) is 22.5. The normalized spacial score (nSPS) is 20.4. The van der Waals surface area contributed by atoms with Gasteiger partial charge in [0.2, 0.25) is 0 Å². The van der Waals surface area contributed by atoms with Gasteiger partial charge in [0, 0.05) is 33.7 Å². The Morgan fingerprint density at radius 3 is 2.74 bits per heavy atom. The van der Waals surface area contributed by atoms with Crippen LogP contribution in [0, 0.1) is 11.3 Å². The number of hydrogen-bond acceptors (Lipinski definition) is 7. The lowest BCUT2D eigenvalue weighted by molar-refractivity contribution is -0.116. The zero-order valence-electron chi connectivity index (χ0n) is 18.8. The van der Waals surface area contributed by atoms with Crippen LogP contribution in [0.4, 0.5) is 5.69 Å². The van der Waals surface area contributed by atoms with Crippen LogP contribution >= 0.6 is 23.1 Å². The van der Waals surface area contributed by atoms with Crippen molar-refractivity contribution >= 4 is 34.6 Å².